The Bertz CT molecular complexity index is 291. The van der Waals surface area contributed by atoms with E-state index in [0.717, 1.165) is 0 Å². The van der Waals surface area contributed by atoms with E-state index in [1.165, 1.54) is 19.2 Å². The minimum Gasteiger partial charge on any atom is -0.478 e. The monoisotopic (exact) mass is 187 g/mol. The first-order valence-corrected chi connectivity index (χ1v) is 3.31. The molecule has 0 aliphatic carbocycles. The van der Waals surface area contributed by atoms with Crippen molar-refractivity contribution in [2.45, 2.75) is 13.8 Å². The molecule has 2 amide bonds. The molecule has 6 nitrogen and oxygen atoms in total. The fourth-order valence-corrected chi connectivity index (χ4v) is 0.522. The highest BCUT2D eigenvalue weighted by atomic mass is 16.4. The van der Waals surface area contributed by atoms with Crippen LogP contribution < -0.4 is 5.32 Å². The third-order valence-corrected chi connectivity index (χ3v) is 1.44. The number of amides is 2. The molecule has 0 aromatic heterocycles. The first-order valence-electron chi connectivity index (χ1n) is 3.31. The van der Waals surface area contributed by atoms with Crippen molar-refractivity contribution in [2.24, 2.45) is 0 Å². The number of carboxylic acid groups (broad SMARTS) is 2. The number of imide groups is 1. The van der Waals surface area contributed by atoms with E-state index in [2.05, 4.69) is 0 Å². The molecule has 0 radical (unpaired) electrons. The minimum atomic E-state index is -1.51. The van der Waals surface area contributed by atoms with Crippen LogP contribution in [0.2, 0.25) is 0 Å². The molecule has 0 saturated heterocycles. The van der Waals surface area contributed by atoms with Crippen molar-refractivity contribution >= 4 is 18.0 Å². The fourth-order valence-electron chi connectivity index (χ4n) is 0.522. The summed E-state index contributed by atoms with van der Waals surface area (Å²) in [4.78, 5) is 31.2. The number of hydrogen-bond acceptors (Lipinski definition) is 3. The maximum Gasteiger partial charge on any atom is 0.411 e. The van der Waals surface area contributed by atoms with Gasteiger partial charge in [0.1, 0.15) is 0 Å². The number of carboxylic acids is 1. The molecule has 0 aromatic rings. The molecule has 0 spiro atoms. The van der Waals surface area contributed by atoms with Crippen LogP contribution in [0.15, 0.2) is 11.1 Å². The van der Waals surface area contributed by atoms with Crippen LogP contribution in [-0.4, -0.2) is 28.2 Å². The Morgan fingerprint density at radius 2 is 1.46 bits per heavy atom. The third-order valence-electron chi connectivity index (χ3n) is 1.44. The number of carbonyl (C=O) groups is 3. The van der Waals surface area contributed by atoms with Gasteiger partial charge in [0.2, 0.25) is 0 Å². The van der Waals surface area contributed by atoms with Gasteiger partial charge in [0.15, 0.2) is 0 Å². The molecular weight excluding hydrogens is 178 g/mol. The predicted octanol–water partition coefficient (Wildman–Crippen LogP) is 0.202. The highest BCUT2D eigenvalue weighted by molar-refractivity contribution is 6.06. The molecule has 0 fully saturated rings. The van der Waals surface area contributed by atoms with E-state index in [0.29, 0.717) is 0 Å². The SMILES string of the molecule is C/C(C(=O)O)=C(\C)C(=O)NC(=O)O. The van der Waals surface area contributed by atoms with Crippen LogP contribution in [0.25, 0.3) is 0 Å². The van der Waals surface area contributed by atoms with Gasteiger partial charge in [0.05, 0.1) is 0 Å². The first kappa shape index (κ1) is 11.2. The molecule has 0 saturated carbocycles. The second-order valence-corrected chi connectivity index (χ2v) is 2.31. The van der Waals surface area contributed by atoms with E-state index in [1.807, 2.05) is 0 Å². The van der Waals surface area contributed by atoms with Crippen LogP contribution in [0.1, 0.15) is 13.8 Å². The minimum absolute atomic E-state index is 0.130. The zero-order valence-electron chi connectivity index (χ0n) is 7.12. The third kappa shape index (κ3) is 3.37. The quantitative estimate of drug-likeness (QED) is 0.536. The van der Waals surface area contributed by atoms with Crippen LogP contribution in [0.3, 0.4) is 0 Å². The summed E-state index contributed by atoms with van der Waals surface area (Å²) in [6.07, 6.45) is -1.51. The summed E-state index contributed by atoms with van der Waals surface area (Å²) in [6, 6.07) is 0. The largest absolute Gasteiger partial charge is 0.478 e. The molecule has 3 N–H and O–H groups in total. The van der Waals surface area contributed by atoms with E-state index in [-0.39, 0.29) is 11.1 Å². The van der Waals surface area contributed by atoms with Gasteiger partial charge in [-0.3, -0.25) is 10.1 Å². The van der Waals surface area contributed by atoms with Gasteiger partial charge in [-0.1, -0.05) is 0 Å². The highest BCUT2D eigenvalue weighted by Gasteiger charge is 2.13. The molecule has 0 aromatic carbocycles. The van der Waals surface area contributed by atoms with Crippen molar-refractivity contribution in [3.8, 4) is 0 Å². The van der Waals surface area contributed by atoms with Gasteiger partial charge < -0.3 is 10.2 Å². The summed E-state index contributed by atoms with van der Waals surface area (Å²) >= 11 is 0. The summed E-state index contributed by atoms with van der Waals surface area (Å²) < 4.78 is 0. The maximum absolute atomic E-state index is 10.9. The molecule has 0 unspecified atom stereocenters. The van der Waals surface area contributed by atoms with E-state index in [9.17, 15) is 14.4 Å². The van der Waals surface area contributed by atoms with Gasteiger partial charge in [0, 0.05) is 11.1 Å². The topological polar surface area (TPSA) is 104 Å². The van der Waals surface area contributed by atoms with Crippen molar-refractivity contribution in [2.75, 3.05) is 0 Å². The Labute approximate surface area is 73.9 Å². The molecule has 13 heavy (non-hydrogen) atoms. The fraction of sp³-hybridized carbons (Fsp3) is 0.286. The number of nitrogens with one attached hydrogen (secondary N) is 1. The van der Waals surface area contributed by atoms with E-state index in [4.69, 9.17) is 10.2 Å². The van der Waals surface area contributed by atoms with Crippen LogP contribution in [0, 0.1) is 0 Å². The molecule has 0 aliphatic rings. The average Bonchev–Trinajstić information content (AvgIpc) is 2.00. The summed E-state index contributed by atoms with van der Waals surface area (Å²) in [5.74, 6) is -2.18. The Morgan fingerprint density at radius 3 is 1.77 bits per heavy atom. The first-order chi connectivity index (χ1) is 5.86. The average molecular weight is 187 g/mol. The molecule has 72 valence electrons. The zero-order valence-corrected chi connectivity index (χ0v) is 7.12. The second kappa shape index (κ2) is 4.24. The van der Waals surface area contributed by atoms with Gasteiger partial charge in [-0.15, -0.1) is 0 Å². The molecular formula is C7H9NO5. The maximum atomic E-state index is 10.9. The Morgan fingerprint density at radius 1 is 1.00 bits per heavy atom. The molecule has 0 rings (SSSR count). The number of hydrogen-bond donors (Lipinski definition) is 3. The molecule has 0 heterocycles. The Hall–Kier alpha value is -1.85. The van der Waals surface area contributed by atoms with Gasteiger partial charge in [-0.05, 0) is 13.8 Å². The number of rotatable bonds is 2. The van der Waals surface area contributed by atoms with Crippen LogP contribution >= 0.6 is 0 Å². The summed E-state index contributed by atoms with van der Waals surface area (Å²) in [5, 5.41) is 18.1. The molecule has 0 bridgehead atoms. The number of aliphatic carboxylic acids is 1. The van der Waals surface area contributed by atoms with Crippen molar-refractivity contribution in [3.05, 3.63) is 11.1 Å². The van der Waals surface area contributed by atoms with Gasteiger partial charge >= 0.3 is 12.1 Å². The lowest BCUT2D eigenvalue weighted by Gasteiger charge is -2.01. The van der Waals surface area contributed by atoms with Crippen molar-refractivity contribution < 1.29 is 24.6 Å². The lowest BCUT2D eigenvalue weighted by Crippen LogP contribution is -2.30. The Balaban J connectivity index is 4.68. The van der Waals surface area contributed by atoms with E-state index in [1.54, 1.807) is 0 Å². The van der Waals surface area contributed by atoms with Crippen LogP contribution in [0.5, 0.6) is 0 Å². The van der Waals surface area contributed by atoms with Crippen molar-refractivity contribution in [3.63, 3.8) is 0 Å². The van der Waals surface area contributed by atoms with E-state index < -0.39 is 18.0 Å². The molecule has 6 heteroatoms. The van der Waals surface area contributed by atoms with Crippen LogP contribution in [-0.2, 0) is 9.59 Å². The van der Waals surface area contributed by atoms with Gasteiger partial charge in [0.25, 0.3) is 5.91 Å². The number of carbonyl (C=O) groups excluding carboxylic acids is 1. The summed E-state index contributed by atoms with van der Waals surface area (Å²) in [6.45, 7) is 2.46. The smallest absolute Gasteiger partial charge is 0.411 e. The summed E-state index contributed by atoms with van der Waals surface area (Å²) in [5.41, 5.74) is -0.311. The molecule has 0 aliphatic heterocycles. The second-order valence-electron chi connectivity index (χ2n) is 2.31. The lowest BCUT2D eigenvalue weighted by atomic mass is 10.1. The zero-order chi connectivity index (χ0) is 10.6. The van der Waals surface area contributed by atoms with Crippen molar-refractivity contribution in [1.82, 2.24) is 5.32 Å². The summed E-state index contributed by atoms with van der Waals surface area (Å²) in [7, 11) is 0. The van der Waals surface area contributed by atoms with E-state index >= 15 is 0 Å². The molecule has 0 atom stereocenters. The van der Waals surface area contributed by atoms with Crippen LogP contribution in [0.4, 0.5) is 4.79 Å². The lowest BCUT2D eigenvalue weighted by molar-refractivity contribution is -0.133. The van der Waals surface area contributed by atoms with Gasteiger partial charge in [-0.25, -0.2) is 9.59 Å². The predicted molar refractivity (Wildman–Crippen MR) is 42.2 cm³/mol. The van der Waals surface area contributed by atoms with Gasteiger partial charge in [-0.2, -0.15) is 0 Å². The van der Waals surface area contributed by atoms with Crippen molar-refractivity contribution in [1.29, 1.82) is 0 Å². The standard InChI is InChI=1S/C7H9NO5/c1-3(4(2)6(10)11)5(9)8-7(12)13/h1-2H3,(H,8,9)(H,10,11)(H,12,13)/b4-3-. The normalized spacial score (nSPS) is 11.5. The Kier molecular flexibility index (Phi) is 3.64. The highest BCUT2D eigenvalue weighted by Crippen LogP contribution is 2.02.